The maximum absolute atomic E-state index is 13.3. The molecule has 2 aliphatic rings. The van der Waals surface area contributed by atoms with Crippen molar-refractivity contribution in [3.63, 3.8) is 0 Å². The first-order valence-corrected chi connectivity index (χ1v) is 20.7. The van der Waals surface area contributed by atoms with Crippen LogP contribution in [0.25, 0.3) is 10.9 Å². The summed E-state index contributed by atoms with van der Waals surface area (Å²) in [5, 5.41) is 19.9. The number of para-hydroxylation sites is 1. The zero-order chi connectivity index (χ0) is 41.7. The molecule has 55 heavy (non-hydrogen) atoms. The van der Waals surface area contributed by atoms with Crippen LogP contribution in [-0.4, -0.2) is 95.4 Å². The molecule has 310 valence electrons. The van der Waals surface area contributed by atoms with Gasteiger partial charge in [0.1, 0.15) is 12.1 Å². The molecule has 1 aromatic heterocycles. The standard InChI is InChI=1S/C30H42N8O6S.C4H10.2C3H8/c1-15(2)25-29(44)34-13-24(41)38-26(16(3)4)30-36-21(14-45-30)28(43)33-11-22(39)35-20(27(42)32-12-23(40)37-25)9-17-10-31-19-8-6-5-7-18(17)19;1-4(2)3;2*1-3-2/h5-8,10,15-16,20-21,25-26,30-31,36H,9,11-14H2,1-4H3,(H,32,42)(H,33,43)(H,34,44)(H,35,39)(H,37,40)(H,38,41);4H,1-3H3;2*3H2,1-2H3/t20-,21-,25?,26?,30?;;;/m0.../s1. The van der Waals surface area contributed by atoms with Crippen LogP contribution in [0, 0.1) is 17.8 Å². The Morgan fingerprint density at radius 2 is 1.18 bits per heavy atom. The number of H-pyrrole nitrogens is 1. The number of aromatic amines is 1. The average Bonchev–Trinajstić information content (AvgIpc) is 3.77. The molecule has 1 aromatic carbocycles. The lowest BCUT2D eigenvalue weighted by molar-refractivity contribution is -0.132. The maximum atomic E-state index is 13.3. The predicted octanol–water partition coefficient (Wildman–Crippen LogP) is 3.37. The second kappa shape index (κ2) is 25.9. The first-order chi connectivity index (χ1) is 26.0. The van der Waals surface area contributed by atoms with Crippen LogP contribution >= 0.6 is 11.8 Å². The molecular formula is C40H68N8O6S. The Kier molecular flexibility index (Phi) is 23.0. The van der Waals surface area contributed by atoms with Crippen molar-refractivity contribution in [2.45, 2.75) is 125 Å². The fraction of sp³-hybridized carbons (Fsp3) is 0.650. The van der Waals surface area contributed by atoms with Crippen LogP contribution in [0.3, 0.4) is 0 Å². The Hall–Kier alpha value is -4.11. The van der Waals surface area contributed by atoms with E-state index in [4.69, 9.17) is 0 Å². The second-order valence-corrected chi connectivity index (χ2v) is 16.3. The van der Waals surface area contributed by atoms with E-state index in [2.05, 4.69) is 90.7 Å². The summed E-state index contributed by atoms with van der Waals surface area (Å²) in [6.45, 7) is 21.3. The van der Waals surface area contributed by atoms with Gasteiger partial charge in [0.15, 0.2) is 0 Å². The zero-order valence-electron chi connectivity index (χ0n) is 34.8. The van der Waals surface area contributed by atoms with Crippen molar-refractivity contribution in [1.82, 2.24) is 42.2 Å². The van der Waals surface area contributed by atoms with Crippen LogP contribution in [0.5, 0.6) is 0 Å². The van der Waals surface area contributed by atoms with Gasteiger partial charge in [0.25, 0.3) is 0 Å². The van der Waals surface area contributed by atoms with E-state index in [0.717, 1.165) is 22.4 Å². The molecule has 4 rings (SSSR count). The monoisotopic (exact) mass is 788 g/mol. The third-order valence-electron chi connectivity index (χ3n) is 7.78. The number of amides is 6. The van der Waals surface area contributed by atoms with Crippen molar-refractivity contribution in [1.29, 1.82) is 0 Å². The molecule has 2 aromatic rings. The lowest BCUT2D eigenvalue weighted by Gasteiger charge is -2.28. The van der Waals surface area contributed by atoms with Gasteiger partial charge in [0.2, 0.25) is 35.4 Å². The topological polar surface area (TPSA) is 202 Å². The van der Waals surface area contributed by atoms with Gasteiger partial charge in [-0.3, -0.25) is 34.1 Å². The molecule has 14 nitrogen and oxygen atoms in total. The summed E-state index contributed by atoms with van der Waals surface area (Å²) in [6, 6.07) is 4.56. The summed E-state index contributed by atoms with van der Waals surface area (Å²) in [5.74, 6) is -2.20. The van der Waals surface area contributed by atoms with E-state index < -0.39 is 54.2 Å². The second-order valence-electron chi connectivity index (χ2n) is 15.1. The molecule has 5 atom stereocenters. The molecular weight excluding hydrogens is 721 g/mol. The zero-order valence-corrected chi connectivity index (χ0v) is 35.6. The van der Waals surface area contributed by atoms with Gasteiger partial charge < -0.3 is 36.9 Å². The van der Waals surface area contributed by atoms with Gasteiger partial charge in [-0.15, -0.1) is 11.8 Å². The number of aromatic nitrogens is 1. The molecule has 3 unspecified atom stereocenters. The molecule has 0 spiro atoms. The first-order valence-electron chi connectivity index (χ1n) is 19.6. The van der Waals surface area contributed by atoms with E-state index in [1.54, 1.807) is 20.0 Å². The summed E-state index contributed by atoms with van der Waals surface area (Å²) in [5.41, 5.74) is 1.64. The lowest BCUT2D eigenvalue weighted by atomic mass is 10.0. The van der Waals surface area contributed by atoms with Crippen molar-refractivity contribution < 1.29 is 28.8 Å². The number of carbonyl (C=O) groups excluding carboxylic acids is 6. The highest BCUT2D eigenvalue weighted by Crippen LogP contribution is 2.25. The van der Waals surface area contributed by atoms with Crippen LogP contribution in [0.15, 0.2) is 30.5 Å². The first kappa shape index (κ1) is 48.9. The van der Waals surface area contributed by atoms with E-state index in [1.807, 2.05) is 38.1 Å². The number of benzene rings is 1. The van der Waals surface area contributed by atoms with E-state index in [0.29, 0.717) is 5.75 Å². The van der Waals surface area contributed by atoms with Gasteiger partial charge in [-0.05, 0) is 29.4 Å². The molecule has 0 aliphatic carbocycles. The minimum atomic E-state index is -1.06. The Morgan fingerprint density at radius 1 is 0.673 bits per heavy atom. The Bertz CT molecular complexity index is 1510. The average molecular weight is 789 g/mol. The van der Waals surface area contributed by atoms with Gasteiger partial charge in [-0.2, -0.15) is 0 Å². The SMILES string of the molecule is CC(C)C.CC(C)C1NC(=O)CNC(=O)[C@H](Cc2c[nH]c3ccccc23)NC(=O)CNC(=O)[C@@H]2CSC(N2)C(C(C)C)NC(=O)CNC1=O.CCC.CCC. The highest BCUT2D eigenvalue weighted by Gasteiger charge is 2.37. The van der Waals surface area contributed by atoms with Crippen molar-refractivity contribution in [2.75, 3.05) is 25.4 Å². The van der Waals surface area contributed by atoms with Gasteiger partial charge in [-0.1, -0.05) is 107 Å². The van der Waals surface area contributed by atoms with E-state index in [9.17, 15) is 28.8 Å². The Balaban J connectivity index is 0.00000136. The van der Waals surface area contributed by atoms with Crippen LogP contribution in [0.1, 0.15) is 94.6 Å². The van der Waals surface area contributed by atoms with E-state index in [1.165, 1.54) is 24.6 Å². The summed E-state index contributed by atoms with van der Waals surface area (Å²) in [4.78, 5) is 81.0. The van der Waals surface area contributed by atoms with Crippen molar-refractivity contribution in [2.24, 2.45) is 17.8 Å². The molecule has 2 aliphatic heterocycles. The molecule has 15 heteroatoms. The van der Waals surface area contributed by atoms with Crippen molar-refractivity contribution in [3.05, 3.63) is 36.0 Å². The molecule has 8 N–H and O–H groups in total. The third kappa shape index (κ3) is 17.9. The molecule has 0 saturated carbocycles. The van der Waals surface area contributed by atoms with Crippen LogP contribution in [0.2, 0.25) is 0 Å². The van der Waals surface area contributed by atoms with Gasteiger partial charge in [0.05, 0.1) is 37.1 Å². The van der Waals surface area contributed by atoms with Crippen LogP contribution in [-0.2, 0) is 35.2 Å². The van der Waals surface area contributed by atoms with E-state index in [-0.39, 0.29) is 48.7 Å². The quantitative estimate of drug-likeness (QED) is 0.230. The maximum Gasteiger partial charge on any atom is 0.243 e. The smallest absolute Gasteiger partial charge is 0.243 e. The van der Waals surface area contributed by atoms with Crippen molar-refractivity contribution >= 4 is 58.1 Å². The molecule has 2 saturated heterocycles. The number of fused-ring (bicyclic) bond motifs is 3. The van der Waals surface area contributed by atoms with Crippen LogP contribution < -0.4 is 37.2 Å². The summed E-state index contributed by atoms with van der Waals surface area (Å²) in [7, 11) is 0. The molecule has 3 heterocycles. The fourth-order valence-electron chi connectivity index (χ4n) is 5.27. The number of hydrogen-bond donors (Lipinski definition) is 8. The summed E-state index contributed by atoms with van der Waals surface area (Å²) < 4.78 is 0. The lowest BCUT2D eigenvalue weighted by Crippen LogP contribution is -2.56. The third-order valence-corrected chi connectivity index (χ3v) is 9.10. The fourth-order valence-corrected chi connectivity index (χ4v) is 6.77. The number of rotatable bonds is 4. The number of nitrogens with one attached hydrogen (secondary N) is 8. The largest absolute Gasteiger partial charge is 0.361 e. The van der Waals surface area contributed by atoms with Crippen LogP contribution in [0.4, 0.5) is 0 Å². The minimum Gasteiger partial charge on any atom is -0.361 e. The Morgan fingerprint density at radius 3 is 1.75 bits per heavy atom. The molecule has 0 radical (unpaired) electrons. The minimum absolute atomic E-state index is 0.00525. The van der Waals surface area contributed by atoms with Gasteiger partial charge in [0, 0.05) is 29.3 Å². The predicted molar refractivity (Wildman–Crippen MR) is 222 cm³/mol. The number of thioether (sulfide) groups is 1. The summed E-state index contributed by atoms with van der Waals surface area (Å²) >= 11 is 1.48. The van der Waals surface area contributed by atoms with Crippen molar-refractivity contribution in [3.8, 4) is 0 Å². The number of carbonyl (C=O) groups is 6. The molecule has 6 amide bonds. The normalized spacial score (nSPS) is 22.9. The summed E-state index contributed by atoms with van der Waals surface area (Å²) in [6.07, 6.45) is 4.38. The van der Waals surface area contributed by atoms with Gasteiger partial charge >= 0.3 is 0 Å². The Labute approximate surface area is 332 Å². The molecule has 2 fully saturated rings. The van der Waals surface area contributed by atoms with E-state index >= 15 is 0 Å². The number of hydrogen-bond acceptors (Lipinski definition) is 8. The highest BCUT2D eigenvalue weighted by molar-refractivity contribution is 8.00. The molecule has 2 bridgehead atoms. The van der Waals surface area contributed by atoms with Gasteiger partial charge in [-0.25, -0.2) is 0 Å². The highest BCUT2D eigenvalue weighted by atomic mass is 32.2.